The summed E-state index contributed by atoms with van der Waals surface area (Å²) >= 11 is 0. The molecule has 0 N–H and O–H groups in total. The van der Waals surface area contributed by atoms with E-state index in [1.807, 2.05) is 16.7 Å². The Hall–Kier alpha value is -2.82. The van der Waals surface area contributed by atoms with Gasteiger partial charge in [0.25, 0.3) is 0 Å². The number of rotatable bonds is 4. The number of aromatic nitrogens is 3. The van der Waals surface area contributed by atoms with E-state index in [-0.39, 0.29) is 11.9 Å². The average molecular weight is 340 g/mol. The van der Waals surface area contributed by atoms with Crippen molar-refractivity contribution in [2.24, 2.45) is 0 Å². The van der Waals surface area contributed by atoms with Crippen LogP contribution in [0.5, 0.6) is 0 Å². The van der Waals surface area contributed by atoms with Crippen LogP contribution >= 0.6 is 0 Å². The van der Waals surface area contributed by atoms with Crippen molar-refractivity contribution in [3.8, 4) is 6.07 Å². The lowest BCUT2D eigenvalue weighted by Crippen LogP contribution is -2.50. The first-order chi connectivity index (χ1) is 12.2. The van der Waals surface area contributed by atoms with Crippen molar-refractivity contribution in [2.45, 2.75) is 31.7 Å². The van der Waals surface area contributed by atoms with Gasteiger partial charge in [-0.05, 0) is 19.8 Å². The molecule has 0 bridgehead atoms. The Morgan fingerprint density at radius 1 is 1.36 bits per heavy atom. The first kappa shape index (κ1) is 15.7. The Kier molecular flexibility index (Phi) is 3.92. The lowest BCUT2D eigenvalue weighted by molar-refractivity contribution is -0.134. The summed E-state index contributed by atoms with van der Waals surface area (Å²) in [7, 11) is 0. The van der Waals surface area contributed by atoms with Crippen LogP contribution in [-0.2, 0) is 4.79 Å². The maximum Gasteiger partial charge on any atom is 0.245 e. The molecule has 0 unspecified atom stereocenters. The number of oxazole rings is 1. The molecule has 0 radical (unpaired) electrons. The molecule has 8 heteroatoms. The number of hydrogen-bond acceptors (Lipinski definition) is 6. The van der Waals surface area contributed by atoms with Crippen LogP contribution in [0, 0.1) is 11.3 Å². The monoisotopic (exact) mass is 340 g/mol. The van der Waals surface area contributed by atoms with Crippen molar-refractivity contribution in [1.82, 2.24) is 19.4 Å². The second-order valence-electron chi connectivity index (χ2n) is 6.59. The van der Waals surface area contributed by atoms with E-state index >= 15 is 0 Å². The maximum absolute atomic E-state index is 12.6. The highest BCUT2D eigenvalue weighted by Gasteiger charge is 2.33. The second-order valence-corrected chi connectivity index (χ2v) is 6.59. The van der Waals surface area contributed by atoms with Crippen LogP contribution in [0.1, 0.15) is 43.3 Å². The molecule has 1 aliphatic heterocycles. The van der Waals surface area contributed by atoms with Crippen molar-refractivity contribution in [2.75, 3.05) is 31.1 Å². The van der Waals surface area contributed by atoms with E-state index in [9.17, 15) is 10.1 Å². The molecule has 2 aromatic rings. The van der Waals surface area contributed by atoms with E-state index in [4.69, 9.17) is 4.42 Å². The fraction of sp³-hybridized carbons (Fsp3) is 0.529. The smallest absolute Gasteiger partial charge is 0.245 e. The van der Waals surface area contributed by atoms with Gasteiger partial charge in [-0.25, -0.2) is 9.97 Å². The van der Waals surface area contributed by atoms with E-state index in [2.05, 4.69) is 16.0 Å². The fourth-order valence-corrected chi connectivity index (χ4v) is 3.14. The molecule has 0 aromatic carbocycles. The molecule has 8 nitrogen and oxygen atoms in total. The Morgan fingerprint density at radius 3 is 2.72 bits per heavy atom. The number of nitrogens with zero attached hydrogens (tertiary/aromatic N) is 6. The van der Waals surface area contributed by atoms with Crippen LogP contribution in [0.2, 0.25) is 0 Å². The number of nitriles is 1. The zero-order valence-electron chi connectivity index (χ0n) is 14.1. The van der Waals surface area contributed by atoms with Gasteiger partial charge in [0.15, 0.2) is 0 Å². The molecule has 130 valence electrons. The Labute approximate surface area is 145 Å². The number of carbonyl (C=O) groups is 1. The molecule has 2 aromatic heterocycles. The molecule has 1 saturated carbocycles. The van der Waals surface area contributed by atoms with Crippen molar-refractivity contribution >= 4 is 11.8 Å². The van der Waals surface area contributed by atoms with Crippen LogP contribution in [0.3, 0.4) is 0 Å². The molecule has 1 aliphatic carbocycles. The van der Waals surface area contributed by atoms with Gasteiger partial charge in [0, 0.05) is 44.5 Å². The summed E-state index contributed by atoms with van der Waals surface area (Å²) in [5.41, 5.74) is 0.355. The molecular formula is C17H20N6O2. The van der Waals surface area contributed by atoms with Crippen molar-refractivity contribution in [1.29, 1.82) is 5.26 Å². The highest BCUT2D eigenvalue weighted by atomic mass is 16.4. The van der Waals surface area contributed by atoms with E-state index in [1.54, 1.807) is 23.3 Å². The topological polar surface area (TPSA) is 91.2 Å². The number of hydrogen-bond donors (Lipinski definition) is 0. The molecule has 1 atom stereocenters. The van der Waals surface area contributed by atoms with Gasteiger partial charge >= 0.3 is 0 Å². The predicted molar refractivity (Wildman–Crippen MR) is 88.9 cm³/mol. The summed E-state index contributed by atoms with van der Waals surface area (Å²) < 4.78 is 7.65. The first-order valence-corrected chi connectivity index (χ1v) is 8.59. The summed E-state index contributed by atoms with van der Waals surface area (Å²) in [5, 5.41) is 9.31. The zero-order valence-corrected chi connectivity index (χ0v) is 14.1. The summed E-state index contributed by atoms with van der Waals surface area (Å²) in [5.74, 6) is 1.69. The highest BCUT2D eigenvalue weighted by molar-refractivity contribution is 5.80. The molecule has 3 heterocycles. The summed E-state index contributed by atoms with van der Waals surface area (Å²) in [4.78, 5) is 24.8. The number of imidazole rings is 1. The molecule has 4 rings (SSSR count). The molecule has 25 heavy (non-hydrogen) atoms. The standard InChI is InChI=1S/C17H20N6O2/c1-12(23-5-4-19-11-23)16(24)21-6-8-22(9-7-21)17-14(10-18)20-15(25-17)13-2-3-13/h4-5,11-13H,2-3,6-9H2,1H3/t12-/m1/s1. The predicted octanol–water partition coefficient (Wildman–Crippen LogP) is 1.53. The van der Waals surface area contributed by atoms with E-state index in [0.717, 1.165) is 12.8 Å². The van der Waals surface area contributed by atoms with Crippen molar-refractivity contribution < 1.29 is 9.21 Å². The van der Waals surface area contributed by atoms with Gasteiger partial charge in [0.2, 0.25) is 23.4 Å². The molecule has 0 spiro atoms. The van der Waals surface area contributed by atoms with Gasteiger partial charge in [-0.3, -0.25) is 4.79 Å². The third kappa shape index (κ3) is 2.97. The molecule has 2 aliphatic rings. The first-order valence-electron chi connectivity index (χ1n) is 8.59. The van der Waals surface area contributed by atoms with E-state index in [0.29, 0.717) is 49.6 Å². The minimum atomic E-state index is -0.268. The van der Waals surface area contributed by atoms with Crippen LogP contribution in [0.25, 0.3) is 0 Å². The summed E-state index contributed by atoms with van der Waals surface area (Å²) in [6, 6.07) is 1.86. The molecule has 2 fully saturated rings. The van der Waals surface area contributed by atoms with Gasteiger partial charge in [-0.1, -0.05) is 0 Å². The van der Waals surface area contributed by atoms with Crippen LogP contribution in [0.15, 0.2) is 23.1 Å². The van der Waals surface area contributed by atoms with Gasteiger partial charge in [0.1, 0.15) is 12.1 Å². The number of piperazine rings is 1. The van der Waals surface area contributed by atoms with Crippen LogP contribution in [-0.4, -0.2) is 51.5 Å². The maximum atomic E-state index is 12.6. The SMILES string of the molecule is C[C@H](C(=O)N1CCN(c2oc(C3CC3)nc2C#N)CC1)n1ccnc1. The third-order valence-electron chi connectivity index (χ3n) is 4.87. The van der Waals surface area contributed by atoms with Gasteiger partial charge in [-0.2, -0.15) is 5.26 Å². The minimum Gasteiger partial charge on any atom is -0.423 e. The molecular weight excluding hydrogens is 320 g/mol. The largest absolute Gasteiger partial charge is 0.423 e. The third-order valence-corrected chi connectivity index (χ3v) is 4.87. The van der Waals surface area contributed by atoms with Gasteiger partial charge in [-0.15, -0.1) is 0 Å². The lowest BCUT2D eigenvalue weighted by atomic mass is 10.2. The quantitative estimate of drug-likeness (QED) is 0.838. The van der Waals surface area contributed by atoms with Gasteiger partial charge < -0.3 is 18.8 Å². The molecule has 1 amide bonds. The Balaban J connectivity index is 1.41. The summed E-state index contributed by atoms with van der Waals surface area (Å²) in [6.45, 7) is 4.35. The highest BCUT2D eigenvalue weighted by Crippen LogP contribution is 2.41. The van der Waals surface area contributed by atoms with Gasteiger partial charge in [0.05, 0.1) is 6.33 Å². The van der Waals surface area contributed by atoms with Crippen molar-refractivity contribution in [3.63, 3.8) is 0 Å². The normalized spacial score (nSPS) is 18.9. The van der Waals surface area contributed by atoms with Crippen LogP contribution < -0.4 is 4.90 Å². The minimum absolute atomic E-state index is 0.0781. The zero-order chi connectivity index (χ0) is 17.4. The number of anilines is 1. The number of carbonyl (C=O) groups excluding carboxylic acids is 1. The lowest BCUT2D eigenvalue weighted by Gasteiger charge is -2.35. The van der Waals surface area contributed by atoms with E-state index in [1.165, 1.54) is 0 Å². The average Bonchev–Trinajstić information content (AvgIpc) is 3.19. The number of amides is 1. The van der Waals surface area contributed by atoms with E-state index < -0.39 is 0 Å². The Bertz CT molecular complexity index is 794. The van der Waals surface area contributed by atoms with Crippen molar-refractivity contribution in [3.05, 3.63) is 30.3 Å². The second kappa shape index (κ2) is 6.24. The van der Waals surface area contributed by atoms with Crippen LogP contribution in [0.4, 0.5) is 5.88 Å². The Morgan fingerprint density at radius 2 is 2.12 bits per heavy atom. The fourth-order valence-electron chi connectivity index (χ4n) is 3.14. The summed E-state index contributed by atoms with van der Waals surface area (Å²) in [6.07, 6.45) is 7.29. The molecule has 1 saturated heterocycles.